The standard InChI is InChI=1S/C31H28N4O6.K.H/c1-3-7-27-32-24(4-2)28(40-21-14-15-25-26(16-21)39-18-38-25)30(36)35(27)17-19-10-12-20(13-11-19)22-8-5-6-9-23(22)29-33-31(37)41-34-29;;/h5-6,8-16H,3-4,7,17-18H2,1-2H3,(H,33,34,37);;. The molecule has 0 aliphatic carbocycles. The van der Waals surface area contributed by atoms with Gasteiger partial charge in [-0.3, -0.25) is 18.9 Å². The summed E-state index contributed by atoms with van der Waals surface area (Å²) in [7, 11) is 0. The van der Waals surface area contributed by atoms with Crippen molar-refractivity contribution in [2.24, 2.45) is 0 Å². The molecule has 10 nitrogen and oxygen atoms in total. The molecule has 0 atom stereocenters. The van der Waals surface area contributed by atoms with Gasteiger partial charge in [-0.2, -0.15) is 0 Å². The van der Waals surface area contributed by atoms with E-state index in [1.165, 1.54) is 0 Å². The van der Waals surface area contributed by atoms with Gasteiger partial charge in [0.05, 0.1) is 12.2 Å². The van der Waals surface area contributed by atoms with Crippen molar-refractivity contribution >= 4 is 51.4 Å². The first-order valence-electron chi connectivity index (χ1n) is 13.5. The summed E-state index contributed by atoms with van der Waals surface area (Å²) in [5.74, 6) is 2.38. The molecule has 210 valence electrons. The van der Waals surface area contributed by atoms with Crippen LogP contribution in [0.1, 0.15) is 37.4 Å². The van der Waals surface area contributed by atoms with Crippen molar-refractivity contribution in [3.05, 3.63) is 105 Å². The number of H-pyrrole nitrogens is 1. The molecule has 0 unspecified atom stereocenters. The van der Waals surface area contributed by atoms with Gasteiger partial charge < -0.3 is 14.2 Å². The summed E-state index contributed by atoms with van der Waals surface area (Å²) in [5.41, 5.74) is 3.88. The van der Waals surface area contributed by atoms with E-state index in [-0.39, 0.29) is 69.5 Å². The van der Waals surface area contributed by atoms with Gasteiger partial charge in [-0.15, -0.1) is 0 Å². The van der Waals surface area contributed by atoms with Crippen LogP contribution in [0.3, 0.4) is 0 Å². The van der Waals surface area contributed by atoms with Crippen LogP contribution in [0.4, 0.5) is 0 Å². The Labute approximate surface area is 284 Å². The molecule has 1 aliphatic rings. The third-order valence-electron chi connectivity index (χ3n) is 6.88. The number of benzene rings is 3. The van der Waals surface area contributed by atoms with Crippen molar-refractivity contribution in [1.82, 2.24) is 19.7 Å². The molecule has 42 heavy (non-hydrogen) atoms. The monoisotopic (exact) mass is 592 g/mol. The van der Waals surface area contributed by atoms with Gasteiger partial charge in [0.15, 0.2) is 17.3 Å². The van der Waals surface area contributed by atoms with Gasteiger partial charge in [-0.25, -0.2) is 9.78 Å². The predicted octanol–water partition coefficient (Wildman–Crippen LogP) is 4.69. The molecule has 3 heterocycles. The van der Waals surface area contributed by atoms with E-state index in [1.54, 1.807) is 22.8 Å². The van der Waals surface area contributed by atoms with Crippen molar-refractivity contribution in [3.8, 4) is 45.5 Å². The number of nitrogens with zero attached hydrogens (tertiary/aromatic N) is 3. The Hall–Kier alpha value is -3.48. The Morgan fingerprint density at radius 1 is 0.952 bits per heavy atom. The van der Waals surface area contributed by atoms with Gasteiger partial charge in [0, 0.05) is 18.1 Å². The van der Waals surface area contributed by atoms with Gasteiger partial charge >= 0.3 is 57.1 Å². The molecular weight excluding hydrogens is 563 g/mol. The van der Waals surface area contributed by atoms with Crippen LogP contribution >= 0.6 is 0 Å². The Morgan fingerprint density at radius 3 is 2.43 bits per heavy atom. The molecule has 11 heteroatoms. The fourth-order valence-electron chi connectivity index (χ4n) is 4.87. The molecule has 5 aromatic rings. The van der Waals surface area contributed by atoms with E-state index in [0.717, 1.165) is 34.5 Å². The third kappa shape index (κ3) is 6.15. The number of fused-ring (bicyclic) bond motifs is 1. The fourth-order valence-corrected chi connectivity index (χ4v) is 4.87. The van der Waals surface area contributed by atoms with Crippen molar-refractivity contribution in [3.63, 3.8) is 0 Å². The number of aromatic nitrogens is 4. The molecule has 1 aliphatic heterocycles. The number of aryl methyl sites for hydroxylation is 2. The van der Waals surface area contributed by atoms with Crippen LogP contribution in [0.25, 0.3) is 22.5 Å². The maximum atomic E-state index is 13.9. The molecule has 0 amide bonds. The van der Waals surface area contributed by atoms with Crippen molar-refractivity contribution in [1.29, 1.82) is 0 Å². The van der Waals surface area contributed by atoms with Crippen LogP contribution in [0, 0.1) is 0 Å². The van der Waals surface area contributed by atoms with Crippen LogP contribution < -0.4 is 25.5 Å². The first kappa shape index (κ1) is 30.0. The molecule has 2 aromatic heterocycles. The molecule has 0 spiro atoms. The molecule has 3 aromatic carbocycles. The molecule has 0 saturated carbocycles. The van der Waals surface area contributed by atoms with Crippen LogP contribution in [0.15, 0.2) is 80.8 Å². The molecule has 6 rings (SSSR count). The normalized spacial score (nSPS) is 11.8. The van der Waals surface area contributed by atoms with E-state index in [2.05, 4.69) is 17.1 Å². The Balaban J connectivity index is 0.00000353. The van der Waals surface area contributed by atoms with Crippen LogP contribution in [0.5, 0.6) is 23.0 Å². The summed E-state index contributed by atoms with van der Waals surface area (Å²) >= 11 is 0. The maximum absolute atomic E-state index is 13.9. The number of hydrogen-bond donors (Lipinski definition) is 1. The first-order chi connectivity index (χ1) is 20.0. The molecule has 0 fully saturated rings. The summed E-state index contributed by atoms with van der Waals surface area (Å²) in [6.45, 7) is 4.51. The van der Waals surface area contributed by atoms with Gasteiger partial charge in [0.2, 0.25) is 12.5 Å². The van der Waals surface area contributed by atoms with Gasteiger partial charge in [-0.05, 0) is 41.7 Å². The second kappa shape index (κ2) is 13.2. The third-order valence-corrected chi connectivity index (χ3v) is 6.88. The number of nitrogens with one attached hydrogen (secondary N) is 1. The van der Waals surface area contributed by atoms with E-state index < -0.39 is 5.76 Å². The summed E-state index contributed by atoms with van der Waals surface area (Å²) in [6.07, 6.45) is 2.06. The van der Waals surface area contributed by atoms with Gasteiger partial charge in [0.1, 0.15) is 11.6 Å². The zero-order valence-electron chi connectivity index (χ0n) is 22.7. The van der Waals surface area contributed by atoms with Gasteiger partial charge in [0.25, 0.3) is 5.56 Å². The zero-order chi connectivity index (χ0) is 28.3. The summed E-state index contributed by atoms with van der Waals surface area (Å²) in [6, 6.07) is 20.8. The van der Waals surface area contributed by atoms with Crippen LogP contribution in [-0.2, 0) is 19.4 Å². The number of ether oxygens (including phenoxy) is 3. The average Bonchev–Trinajstić information content (AvgIpc) is 3.65. The van der Waals surface area contributed by atoms with Crippen molar-refractivity contribution in [2.75, 3.05) is 6.79 Å². The van der Waals surface area contributed by atoms with Crippen molar-refractivity contribution < 1.29 is 18.7 Å². The second-order valence-corrected chi connectivity index (χ2v) is 9.60. The van der Waals surface area contributed by atoms with E-state index in [4.69, 9.17) is 23.7 Å². The number of rotatable bonds is 9. The topological polar surface area (TPSA) is 121 Å². The zero-order valence-corrected chi connectivity index (χ0v) is 22.7. The van der Waals surface area contributed by atoms with E-state index >= 15 is 0 Å². The molecular formula is C31H29KN4O6. The average molecular weight is 593 g/mol. The molecule has 0 saturated heterocycles. The summed E-state index contributed by atoms with van der Waals surface area (Å²) < 4.78 is 23.4. The molecule has 0 radical (unpaired) electrons. The van der Waals surface area contributed by atoms with Gasteiger partial charge in [-0.1, -0.05) is 67.5 Å². The number of aromatic amines is 1. The van der Waals surface area contributed by atoms with Crippen molar-refractivity contribution in [2.45, 2.75) is 39.7 Å². The summed E-state index contributed by atoms with van der Waals surface area (Å²) in [4.78, 5) is 32.8. The van der Waals surface area contributed by atoms with E-state index in [0.29, 0.717) is 48.2 Å². The fraction of sp³-hybridized carbons (Fsp3) is 0.226. The summed E-state index contributed by atoms with van der Waals surface area (Å²) in [5, 5.41) is 3.84. The Morgan fingerprint density at radius 2 is 1.71 bits per heavy atom. The SMILES string of the molecule is CCCc1nc(CC)c(Oc2ccc3c(c2)OCO3)c(=O)n1Cc1ccc(-c2ccccc2-c2noc(=O)[nH]2)cc1.[KH]. The van der Waals surface area contributed by atoms with Crippen LogP contribution in [0.2, 0.25) is 0 Å². The first-order valence-corrected chi connectivity index (χ1v) is 13.5. The second-order valence-electron chi connectivity index (χ2n) is 9.60. The van der Waals surface area contributed by atoms with E-state index in [1.807, 2.05) is 55.5 Å². The minimum atomic E-state index is -0.608. The quantitative estimate of drug-likeness (QED) is 0.245. The minimum absolute atomic E-state index is 0. The van der Waals surface area contributed by atoms with E-state index in [9.17, 15) is 9.59 Å². The Bertz CT molecular complexity index is 1830. The molecule has 1 N–H and O–H groups in total. The predicted molar refractivity (Wildman–Crippen MR) is 159 cm³/mol. The van der Waals surface area contributed by atoms with Crippen LogP contribution in [-0.4, -0.2) is 77.9 Å². The number of hydrogen-bond acceptors (Lipinski definition) is 8. The Kier molecular flexibility index (Phi) is 9.44. The molecule has 0 bridgehead atoms.